The van der Waals surface area contributed by atoms with E-state index in [4.69, 9.17) is 75.6 Å². The predicted molar refractivity (Wildman–Crippen MR) is 365 cm³/mol. The fourth-order valence-corrected chi connectivity index (χ4v) is 11.1. The highest BCUT2D eigenvalue weighted by atomic mass is 35.5. The van der Waals surface area contributed by atoms with E-state index < -0.39 is 17.3 Å². The number of anilines is 1. The van der Waals surface area contributed by atoms with E-state index in [0.717, 1.165) is 50.6 Å². The Morgan fingerprint density at radius 3 is 1.78 bits per heavy atom. The van der Waals surface area contributed by atoms with E-state index in [9.17, 15) is 33.6 Å². The normalized spacial score (nSPS) is 11.4. The van der Waals surface area contributed by atoms with Crippen molar-refractivity contribution in [3.05, 3.63) is 138 Å². The number of rotatable bonds is 30. The molecule has 1 aromatic heterocycles. The molecular weight excluding hydrogens is 1280 g/mol. The van der Waals surface area contributed by atoms with Crippen molar-refractivity contribution in [3.8, 4) is 16.7 Å². The van der Waals surface area contributed by atoms with Gasteiger partial charge in [0, 0.05) is 79.4 Å². The first-order valence-corrected chi connectivity index (χ1v) is 33.3. The fourth-order valence-electron chi connectivity index (χ4n) is 8.29. The molecule has 0 fully saturated rings. The van der Waals surface area contributed by atoms with Crippen LogP contribution in [0.15, 0.2) is 84.9 Å². The molecule has 18 nitrogen and oxygen atoms in total. The van der Waals surface area contributed by atoms with Crippen LogP contribution in [0.25, 0.3) is 11.3 Å². The summed E-state index contributed by atoms with van der Waals surface area (Å²) in [6.45, 7) is 26.2. The topological polar surface area (TPSA) is 244 Å². The number of halogens is 4. The first-order chi connectivity index (χ1) is 42.9. The Morgan fingerprint density at radius 1 is 0.637 bits per heavy atom. The molecule has 5 rings (SSSR count). The quantitative estimate of drug-likeness (QED) is 0.0110. The summed E-state index contributed by atoms with van der Waals surface area (Å²) >= 11 is 26.8. The van der Waals surface area contributed by atoms with E-state index in [0.29, 0.717) is 114 Å². The van der Waals surface area contributed by atoms with Gasteiger partial charge >= 0.3 is 24.0 Å². The van der Waals surface area contributed by atoms with Crippen LogP contribution in [0.1, 0.15) is 162 Å². The Kier molecular flexibility index (Phi) is 35.1. The van der Waals surface area contributed by atoms with Crippen LogP contribution in [0.4, 0.5) is 9.93 Å². The number of carbonyl (C=O) groups excluding carboxylic acids is 7. The highest BCUT2D eigenvalue weighted by Gasteiger charge is 2.25. The summed E-state index contributed by atoms with van der Waals surface area (Å²) in [7, 11) is 0. The van der Waals surface area contributed by atoms with Crippen LogP contribution in [0.3, 0.4) is 0 Å². The third-order valence-corrected chi connectivity index (χ3v) is 15.7. The highest BCUT2D eigenvalue weighted by molar-refractivity contribution is 8.05. The molecule has 0 saturated heterocycles. The number of ketones is 1. The van der Waals surface area contributed by atoms with E-state index in [1.54, 1.807) is 88.4 Å². The second-order valence-corrected chi connectivity index (χ2v) is 27.2. The summed E-state index contributed by atoms with van der Waals surface area (Å²) < 4.78 is 20.5. The number of esters is 3. The molecule has 1 heterocycles. The van der Waals surface area contributed by atoms with Gasteiger partial charge < -0.3 is 45.1 Å². The Balaban J connectivity index is 0.000000398. The molecule has 91 heavy (non-hydrogen) atoms. The summed E-state index contributed by atoms with van der Waals surface area (Å²) in [6, 6.07) is 24.9. The first kappa shape index (κ1) is 78.8. The number of amides is 3. The van der Waals surface area contributed by atoms with E-state index in [1.165, 1.54) is 0 Å². The molecule has 5 aromatic rings. The van der Waals surface area contributed by atoms with Crippen LogP contribution < -0.4 is 26.2 Å². The maximum Gasteiger partial charge on any atom is 0.407 e. The van der Waals surface area contributed by atoms with Crippen LogP contribution in [0.2, 0.25) is 20.1 Å². The summed E-state index contributed by atoms with van der Waals surface area (Å²) in [5.74, 6) is -0.570. The molecule has 0 radical (unpaired) electrons. The third kappa shape index (κ3) is 31.6. The molecule has 3 amide bonds. The molecular formula is C67H87Cl4N7O11S2. The third-order valence-electron chi connectivity index (χ3n) is 12.2. The molecule has 4 N–H and O–H groups in total. The van der Waals surface area contributed by atoms with Crippen LogP contribution in [0.5, 0.6) is 0 Å². The van der Waals surface area contributed by atoms with Crippen LogP contribution in [-0.2, 0) is 52.8 Å². The molecule has 0 aliphatic carbocycles. The second-order valence-electron chi connectivity index (χ2n) is 23.6. The van der Waals surface area contributed by atoms with Gasteiger partial charge in [0.25, 0.3) is 11.8 Å². The first-order valence-electron chi connectivity index (χ1n) is 30.1. The zero-order valence-corrected chi connectivity index (χ0v) is 58.7. The summed E-state index contributed by atoms with van der Waals surface area (Å²) in [6.07, 6.45) is 2.22. The monoisotopic (exact) mass is 1370 g/mol. The lowest BCUT2D eigenvalue weighted by atomic mass is 10.0. The summed E-state index contributed by atoms with van der Waals surface area (Å²) in [5.41, 5.74) is 3.96. The number of thiazole rings is 1. The minimum atomic E-state index is -0.599. The van der Waals surface area contributed by atoms with Gasteiger partial charge in [-0.3, -0.25) is 28.8 Å². The molecule has 496 valence electrons. The number of thiocyanates is 1. The van der Waals surface area contributed by atoms with E-state index in [1.807, 2.05) is 87.4 Å². The molecule has 0 spiro atoms. The maximum absolute atomic E-state index is 12.9. The number of hydrogen-bond acceptors (Lipinski definition) is 17. The number of aromatic nitrogens is 1. The van der Waals surface area contributed by atoms with Gasteiger partial charge in [-0.2, -0.15) is 5.26 Å². The molecule has 0 aliphatic heterocycles. The molecule has 1 unspecified atom stereocenters. The smallest absolute Gasteiger partial charge is 0.407 e. The largest absolute Gasteiger partial charge is 0.466 e. The Bertz CT molecular complexity index is 3230. The van der Waals surface area contributed by atoms with Gasteiger partial charge in [0.1, 0.15) is 16.6 Å². The van der Waals surface area contributed by atoms with Crippen LogP contribution in [0, 0.1) is 22.5 Å². The number of hydrogen-bond donors (Lipinski definition) is 4. The minimum absolute atomic E-state index is 0.0752. The van der Waals surface area contributed by atoms with Crippen molar-refractivity contribution in [2.24, 2.45) is 11.8 Å². The Labute approximate surface area is 564 Å². The second kappa shape index (κ2) is 40.5. The number of nitrogens with one attached hydrogen (secondary N) is 4. The SMILES string of the molecule is CC(C)CC(SC#N)C(=O)c1ccc(Cl)c(Cl)c1.CCOC(=O)CCN(Cc1cccc(C(=O)NCCNC(=O)OC(C)(C)C)c1)c1nc(-c2ccc(Cl)c(Cl)c2)c(CC(C)C)s1.CCOC(=O)CCNCc1cccc(C(=O)NCCCC(=O)OC(C)(C)C)c1. The summed E-state index contributed by atoms with van der Waals surface area (Å²) in [5, 5.41) is 24.3. The average molecular weight is 1370 g/mol. The molecule has 1 atom stereocenters. The van der Waals surface area contributed by atoms with Crippen molar-refractivity contribution in [2.75, 3.05) is 50.8 Å². The predicted octanol–water partition coefficient (Wildman–Crippen LogP) is 14.9. The number of alkyl carbamates (subject to hydrolysis) is 1. The van der Waals surface area contributed by atoms with Gasteiger partial charge in [-0.1, -0.05) is 104 Å². The van der Waals surface area contributed by atoms with Gasteiger partial charge in [0.15, 0.2) is 10.9 Å². The molecule has 4 aromatic carbocycles. The lowest BCUT2D eigenvalue weighted by Gasteiger charge is -2.22. The van der Waals surface area contributed by atoms with Gasteiger partial charge in [-0.05, 0) is 164 Å². The van der Waals surface area contributed by atoms with Gasteiger partial charge in [-0.25, -0.2) is 9.78 Å². The zero-order valence-electron chi connectivity index (χ0n) is 54.1. The highest BCUT2D eigenvalue weighted by Crippen LogP contribution is 2.38. The van der Waals surface area contributed by atoms with Crippen LogP contribution in [-0.4, -0.2) is 109 Å². The van der Waals surface area contributed by atoms with E-state index in [2.05, 4.69) is 35.1 Å². The molecule has 24 heteroatoms. The molecule has 0 bridgehead atoms. The number of nitriles is 1. The molecule has 0 aliphatic rings. The number of nitrogens with zero attached hydrogens (tertiary/aromatic N) is 3. The van der Waals surface area contributed by atoms with E-state index in [-0.39, 0.29) is 66.7 Å². The molecule has 0 saturated carbocycles. The van der Waals surface area contributed by atoms with Crippen molar-refractivity contribution < 1.29 is 52.5 Å². The Hall–Kier alpha value is -6.44. The van der Waals surface area contributed by atoms with Crippen LogP contribution >= 0.6 is 69.5 Å². The van der Waals surface area contributed by atoms with Gasteiger partial charge in [-0.15, -0.1) is 11.3 Å². The van der Waals surface area contributed by atoms with Gasteiger partial charge in [0.05, 0.1) is 57.1 Å². The lowest BCUT2D eigenvalue weighted by Crippen LogP contribution is -2.37. The maximum atomic E-state index is 12.9. The number of benzene rings is 4. The number of Topliss-reactive ketones (excluding diaryl/α,β-unsaturated/α-hetero) is 1. The number of ether oxygens (including phenoxy) is 4. The number of thioether (sulfide) groups is 1. The standard InChI is InChI=1S/C33H42Cl2N4O5S.C21H32N2O5.C13H13Cl2NOS/c1-7-43-28(40)13-16-39(31-38-29(27(45-31)17-21(2)3)23-11-12-25(34)26(35)19-23)20-22-9-8-10-24(18-22)30(41)36-14-15-37-32(42)44-33(4,5)6;1-5-27-18(24)11-13-22-15-16-8-6-9-17(14-16)20(26)23-12-7-10-19(25)28-21(2,3)4;1-8(2)5-12(18-7-16)13(17)9-3-4-10(14)11(15)6-9/h8-12,18-19,21H,7,13-17,20H2,1-6H3,(H,36,41)(H,37,42);6,8-9,14,22H,5,7,10-13,15H2,1-4H3,(H,23,26);3-4,6,8,12H,5H2,1-2H3. The zero-order chi connectivity index (χ0) is 67.8. The Morgan fingerprint density at radius 2 is 1.21 bits per heavy atom. The van der Waals surface area contributed by atoms with Gasteiger partial charge in [0.2, 0.25) is 0 Å². The van der Waals surface area contributed by atoms with Crippen molar-refractivity contribution >= 4 is 116 Å². The fraction of sp³-hybridized carbons (Fsp3) is 0.478. The van der Waals surface area contributed by atoms with Crippen molar-refractivity contribution in [2.45, 2.75) is 151 Å². The average Bonchev–Trinajstić information content (AvgIpc) is 1.84. The van der Waals surface area contributed by atoms with Crippen molar-refractivity contribution in [3.63, 3.8) is 0 Å². The number of carbonyl (C=O) groups is 7. The minimum Gasteiger partial charge on any atom is -0.466 e. The lowest BCUT2D eigenvalue weighted by molar-refractivity contribution is -0.155. The van der Waals surface area contributed by atoms with Crippen molar-refractivity contribution in [1.82, 2.24) is 26.3 Å². The van der Waals surface area contributed by atoms with E-state index >= 15 is 0 Å². The van der Waals surface area contributed by atoms with Crippen molar-refractivity contribution in [1.29, 1.82) is 5.26 Å². The summed E-state index contributed by atoms with van der Waals surface area (Å²) in [4.78, 5) is 92.7.